The Balaban J connectivity index is 0.000000249. The first-order valence-electron chi connectivity index (χ1n) is 5.97. The van der Waals surface area contributed by atoms with Crippen LogP contribution in [0.3, 0.4) is 0 Å². The Kier molecular flexibility index (Phi) is 4.32. The van der Waals surface area contributed by atoms with Gasteiger partial charge in [-0.3, -0.25) is 0 Å². The van der Waals surface area contributed by atoms with Gasteiger partial charge in [0.2, 0.25) is 0 Å². The molecule has 0 aromatic rings. The Morgan fingerprint density at radius 2 is 1.65 bits per heavy atom. The second kappa shape index (κ2) is 4.90. The third-order valence-corrected chi connectivity index (χ3v) is 4.68. The topological polar surface area (TPSA) is 90.2 Å². The van der Waals surface area contributed by atoms with Gasteiger partial charge in [-0.05, 0) is 37.5 Å². The van der Waals surface area contributed by atoms with Gasteiger partial charge in [0.1, 0.15) is 0 Å². The predicted molar refractivity (Wildman–Crippen MR) is 66.5 cm³/mol. The lowest BCUT2D eigenvalue weighted by Gasteiger charge is -2.68. The van der Waals surface area contributed by atoms with Crippen molar-refractivity contribution in [2.24, 2.45) is 11.3 Å². The summed E-state index contributed by atoms with van der Waals surface area (Å²) in [5, 5.41) is 35.6. The molecule has 2 bridgehead atoms. The smallest absolute Gasteiger partial charge is 0.421 e. The molecule has 0 aliphatic heterocycles. The third-order valence-electron chi connectivity index (χ3n) is 4.68. The van der Waals surface area contributed by atoms with Gasteiger partial charge in [0.15, 0.2) is 0 Å². The molecular weight excluding hydrogens is 222 g/mol. The molecule has 4 N–H and O–H groups in total. The van der Waals surface area contributed by atoms with Crippen LogP contribution in [0.15, 0.2) is 0 Å². The first-order valence-corrected chi connectivity index (χ1v) is 5.97. The second-order valence-electron chi connectivity index (χ2n) is 5.76. The summed E-state index contributed by atoms with van der Waals surface area (Å²) in [5.41, 5.74) is -1.79. The van der Waals surface area contributed by atoms with Gasteiger partial charge in [0.05, 0.1) is 11.2 Å². The van der Waals surface area contributed by atoms with Crippen molar-refractivity contribution >= 4 is 15.4 Å². The predicted octanol–water partition coefficient (Wildman–Crippen LogP) is -1.17. The molecule has 0 aromatic carbocycles. The molecule has 3 unspecified atom stereocenters. The van der Waals surface area contributed by atoms with E-state index in [1.165, 1.54) is 0 Å². The monoisotopic (exact) mass is 244 g/mol. The molecule has 5 nitrogen and oxygen atoms in total. The van der Waals surface area contributed by atoms with Crippen LogP contribution in [0.5, 0.6) is 0 Å². The van der Waals surface area contributed by atoms with E-state index in [2.05, 4.69) is 18.4 Å². The van der Waals surface area contributed by atoms with Crippen molar-refractivity contribution in [3.63, 3.8) is 0 Å². The van der Waals surface area contributed by atoms with Crippen LogP contribution >= 0.6 is 0 Å². The molecule has 0 aromatic heterocycles. The normalized spacial score (nSPS) is 41.7. The third kappa shape index (κ3) is 2.27. The van der Waals surface area contributed by atoms with E-state index in [1.54, 1.807) is 6.92 Å². The summed E-state index contributed by atoms with van der Waals surface area (Å²) in [4.78, 5) is 0. The molecule has 7 heteroatoms. The van der Waals surface area contributed by atoms with Gasteiger partial charge >= 0.3 is 15.4 Å². The number of aliphatic hydroxyl groups is 2. The van der Waals surface area contributed by atoms with Gasteiger partial charge < -0.3 is 24.8 Å². The van der Waals surface area contributed by atoms with Gasteiger partial charge in [-0.1, -0.05) is 13.8 Å². The first kappa shape index (κ1) is 15.0. The largest absolute Gasteiger partial charge is 0.457 e. The van der Waals surface area contributed by atoms with Gasteiger partial charge in [-0.2, -0.15) is 0 Å². The van der Waals surface area contributed by atoms with Crippen LogP contribution in [-0.4, -0.2) is 46.8 Å². The van der Waals surface area contributed by atoms with Crippen molar-refractivity contribution in [3.05, 3.63) is 0 Å². The summed E-state index contributed by atoms with van der Waals surface area (Å²) in [6.07, 6.45) is 2.59. The number of hydrogen-bond acceptors (Lipinski definition) is 5. The summed E-state index contributed by atoms with van der Waals surface area (Å²) in [6, 6.07) is 0. The standard InChI is InChI=1S/C10H18O2.B2H4O3/c1-8(2)7-4-5-9(3,11)10(8,12)6-7;3-1-5-2-4/h7,11-12H,4-6H2,1-3H3;1-4H. The van der Waals surface area contributed by atoms with Crippen LogP contribution in [0.1, 0.15) is 40.0 Å². The van der Waals surface area contributed by atoms with E-state index in [4.69, 9.17) is 10.0 Å². The maximum absolute atomic E-state index is 10.2. The van der Waals surface area contributed by atoms with E-state index >= 15 is 0 Å². The number of hydrogen-bond donors (Lipinski definition) is 4. The Labute approximate surface area is 103 Å². The van der Waals surface area contributed by atoms with E-state index in [1.807, 2.05) is 0 Å². The average molecular weight is 244 g/mol. The summed E-state index contributed by atoms with van der Waals surface area (Å²) < 4.78 is 3.94. The molecule has 17 heavy (non-hydrogen) atoms. The fourth-order valence-corrected chi connectivity index (χ4v) is 3.16. The van der Waals surface area contributed by atoms with Crippen molar-refractivity contribution in [2.45, 2.75) is 51.2 Å². The molecule has 3 aliphatic carbocycles. The summed E-state index contributed by atoms with van der Waals surface area (Å²) in [5.74, 6) is 0.614. The molecular formula is C10H22B2O5. The Morgan fingerprint density at radius 1 is 1.12 bits per heavy atom. The minimum Gasteiger partial charge on any atom is -0.457 e. The van der Waals surface area contributed by atoms with Crippen molar-refractivity contribution in [1.82, 2.24) is 0 Å². The summed E-state index contributed by atoms with van der Waals surface area (Å²) >= 11 is 0. The number of fused-ring (bicyclic) bond motifs is 2. The van der Waals surface area contributed by atoms with Crippen LogP contribution in [0.25, 0.3) is 0 Å². The highest BCUT2D eigenvalue weighted by Gasteiger charge is 2.69. The summed E-state index contributed by atoms with van der Waals surface area (Å²) in [7, 11) is -0.812. The molecule has 0 amide bonds. The lowest BCUT2D eigenvalue weighted by Crippen LogP contribution is -2.74. The summed E-state index contributed by atoms with van der Waals surface area (Å²) in [6.45, 7) is 5.90. The molecule has 0 heterocycles. The Hall–Kier alpha value is -0.0701. The zero-order valence-corrected chi connectivity index (χ0v) is 10.8. The fraction of sp³-hybridized carbons (Fsp3) is 1.00. The van der Waals surface area contributed by atoms with Crippen molar-refractivity contribution in [2.75, 3.05) is 0 Å². The van der Waals surface area contributed by atoms with Gasteiger partial charge in [-0.15, -0.1) is 0 Å². The van der Waals surface area contributed by atoms with Crippen LogP contribution in [-0.2, 0) is 4.57 Å². The van der Waals surface area contributed by atoms with Gasteiger partial charge in [-0.25, -0.2) is 0 Å². The minimum absolute atomic E-state index is 0.0885. The van der Waals surface area contributed by atoms with Crippen molar-refractivity contribution < 1.29 is 24.8 Å². The molecule has 0 radical (unpaired) electrons. The second-order valence-corrected chi connectivity index (χ2v) is 5.76. The zero-order chi connectivity index (χ0) is 13.3. The van der Waals surface area contributed by atoms with E-state index in [-0.39, 0.29) is 5.41 Å². The molecule has 3 aliphatic rings. The molecule has 0 saturated heterocycles. The molecule has 3 rings (SSSR count). The molecule has 0 spiro atoms. The highest BCUT2D eigenvalue weighted by molar-refractivity contribution is 6.32. The van der Waals surface area contributed by atoms with Crippen molar-refractivity contribution in [3.8, 4) is 0 Å². The van der Waals surface area contributed by atoms with E-state index in [0.717, 1.165) is 19.3 Å². The molecule has 3 saturated carbocycles. The van der Waals surface area contributed by atoms with Crippen LogP contribution < -0.4 is 0 Å². The SMILES string of the molecule is CC1(O)CCC2CC1(O)C2(C)C.OBOBO. The van der Waals surface area contributed by atoms with E-state index in [9.17, 15) is 10.2 Å². The highest BCUT2D eigenvalue weighted by atomic mass is 16.5. The molecule has 3 atom stereocenters. The average Bonchev–Trinajstić information content (AvgIpc) is 2.23. The lowest BCUT2D eigenvalue weighted by molar-refractivity contribution is -0.312. The van der Waals surface area contributed by atoms with E-state index < -0.39 is 26.6 Å². The van der Waals surface area contributed by atoms with E-state index in [0.29, 0.717) is 5.92 Å². The van der Waals surface area contributed by atoms with Crippen LogP contribution in [0.2, 0.25) is 0 Å². The van der Waals surface area contributed by atoms with Gasteiger partial charge in [0, 0.05) is 0 Å². The van der Waals surface area contributed by atoms with Crippen LogP contribution in [0.4, 0.5) is 0 Å². The van der Waals surface area contributed by atoms with Gasteiger partial charge in [0.25, 0.3) is 0 Å². The quantitative estimate of drug-likeness (QED) is 0.459. The molecule has 98 valence electrons. The Bertz CT molecular complexity index is 259. The maximum Gasteiger partial charge on any atom is 0.421 e. The fourth-order valence-electron chi connectivity index (χ4n) is 3.16. The number of rotatable bonds is 2. The first-order chi connectivity index (χ1) is 7.73. The van der Waals surface area contributed by atoms with Crippen LogP contribution in [0, 0.1) is 11.3 Å². The maximum atomic E-state index is 10.2. The molecule has 3 fully saturated rings. The van der Waals surface area contributed by atoms with Crippen molar-refractivity contribution in [1.29, 1.82) is 0 Å². The zero-order valence-electron chi connectivity index (χ0n) is 10.8. The highest BCUT2D eigenvalue weighted by Crippen LogP contribution is 2.65. The Morgan fingerprint density at radius 3 is 1.88 bits per heavy atom. The lowest BCUT2D eigenvalue weighted by atomic mass is 9.41. The minimum atomic E-state index is -0.870.